The van der Waals surface area contributed by atoms with Crippen LogP contribution < -0.4 is 10.6 Å². The smallest absolute Gasteiger partial charge is 0.222 e. The summed E-state index contributed by atoms with van der Waals surface area (Å²) < 4.78 is 0. The molecule has 14 heavy (non-hydrogen) atoms. The van der Waals surface area contributed by atoms with Crippen molar-refractivity contribution in [3.63, 3.8) is 0 Å². The van der Waals surface area contributed by atoms with E-state index in [-0.39, 0.29) is 0 Å². The third-order valence-corrected chi connectivity index (χ3v) is 2.50. The Morgan fingerprint density at radius 1 is 1.64 bits per heavy atom. The van der Waals surface area contributed by atoms with Gasteiger partial charge in [0.15, 0.2) is 0 Å². The van der Waals surface area contributed by atoms with Gasteiger partial charge >= 0.3 is 0 Å². The van der Waals surface area contributed by atoms with E-state index in [0.717, 1.165) is 25.3 Å². The topological polar surface area (TPSA) is 49.8 Å². The van der Waals surface area contributed by atoms with Crippen LogP contribution >= 0.6 is 11.6 Å². The predicted molar refractivity (Wildman–Crippen MR) is 55.2 cm³/mol. The van der Waals surface area contributed by atoms with Crippen LogP contribution in [0.5, 0.6) is 0 Å². The molecule has 0 bridgehead atoms. The predicted octanol–water partition coefficient (Wildman–Crippen LogP) is 0.582. The second-order valence-electron chi connectivity index (χ2n) is 3.39. The van der Waals surface area contributed by atoms with Crippen LogP contribution in [0.15, 0.2) is 12.3 Å². The monoisotopic (exact) mass is 212 g/mol. The number of nitrogens with zero attached hydrogens (tertiary/aromatic N) is 2. The maximum Gasteiger partial charge on any atom is 0.222 e. The van der Waals surface area contributed by atoms with Crippen LogP contribution in [0.1, 0.15) is 12.1 Å². The minimum atomic E-state index is 0.314. The largest absolute Gasteiger partial charge is 0.315 e. The molecule has 2 N–H and O–H groups in total. The Bertz CT molecular complexity index is 299. The molecule has 1 aliphatic rings. The Morgan fingerprint density at radius 2 is 2.57 bits per heavy atom. The van der Waals surface area contributed by atoms with Crippen molar-refractivity contribution in [3.8, 4) is 0 Å². The first-order valence-electron chi connectivity index (χ1n) is 4.76. The van der Waals surface area contributed by atoms with Crippen molar-refractivity contribution in [1.29, 1.82) is 0 Å². The van der Waals surface area contributed by atoms with Gasteiger partial charge in [-0.05, 0) is 30.6 Å². The highest BCUT2D eigenvalue weighted by molar-refractivity contribution is 6.28. The lowest BCUT2D eigenvalue weighted by molar-refractivity contribution is 0.541. The standard InChI is InChI=1S/C9H13ClN4/c10-9-12-4-2-8(14-9)6-13-7-1-3-11-5-7/h2,4,7,11,13H,1,3,5-6H2. The third kappa shape index (κ3) is 2.64. The SMILES string of the molecule is Clc1nccc(CNC2CCNC2)n1. The van der Waals surface area contributed by atoms with Gasteiger partial charge in [-0.25, -0.2) is 9.97 Å². The van der Waals surface area contributed by atoms with Gasteiger partial charge < -0.3 is 10.6 Å². The molecule has 5 heteroatoms. The van der Waals surface area contributed by atoms with Crippen LogP contribution in [-0.4, -0.2) is 29.1 Å². The van der Waals surface area contributed by atoms with Gasteiger partial charge in [0.2, 0.25) is 5.28 Å². The van der Waals surface area contributed by atoms with Gasteiger partial charge in [-0.3, -0.25) is 0 Å². The quantitative estimate of drug-likeness (QED) is 0.720. The van der Waals surface area contributed by atoms with E-state index in [1.807, 2.05) is 6.07 Å². The molecule has 4 nitrogen and oxygen atoms in total. The molecular formula is C9H13ClN4. The van der Waals surface area contributed by atoms with Crippen molar-refractivity contribution in [1.82, 2.24) is 20.6 Å². The molecule has 0 aliphatic carbocycles. The molecule has 0 radical (unpaired) electrons. The van der Waals surface area contributed by atoms with Crippen molar-refractivity contribution in [2.75, 3.05) is 13.1 Å². The van der Waals surface area contributed by atoms with Crippen molar-refractivity contribution >= 4 is 11.6 Å². The molecule has 0 aromatic carbocycles. The zero-order chi connectivity index (χ0) is 9.80. The number of nitrogens with one attached hydrogen (secondary N) is 2. The maximum absolute atomic E-state index is 5.68. The zero-order valence-electron chi connectivity index (χ0n) is 7.83. The minimum absolute atomic E-state index is 0.314. The summed E-state index contributed by atoms with van der Waals surface area (Å²) in [6, 6.07) is 2.44. The molecule has 1 unspecified atom stereocenters. The van der Waals surface area contributed by atoms with E-state index in [1.54, 1.807) is 6.20 Å². The summed E-state index contributed by atoms with van der Waals surface area (Å²) in [6.45, 7) is 2.90. The molecule has 1 fully saturated rings. The van der Waals surface area contributed by atoms with Gasteiger partial charge in [0.25, 0.3) is 0 Å². The lowest BCUT2D eigenvalue weighted by atomic mass is 10.2. The molecule has 2 heterocycles. The number of rotatable bonds is 3. The summed E-state index contributed by atoms with van der Waals surface area (Å²) in [7, 11) is 0. The number of hydrogen-bond acceptors (Lipinski definition) is 4. The first-order chi connectivity index (χ1) is 6.84. The fourth-order valence-electron chi connectivity index (χ4n) is 1.55. The van der Waals surface area contributed by atoms with Gasteiger partial charge in [-0.15, -0.1) is 0 Å². The van der Waals surface area contributed by atoms with E-state index in [2.05, 4.69) is 20.6 Å². The Balaban J connectivity index is 1.85. The van der Waals surface area contributed by atoms with E-state index in [0.29, 0.717) is 11.3 Å². The first-order valence-corrected chi connectivity index (χ1v) is 5.14. The zero-order valence-corrected chi connectivity index (χ0v) is 8.59. The lowest BCUT2D eigenvalue weighted by Gasteiger charge is -2.10. The molecule has 1 aromatic rings. The van der Waals surface area contributed by atoms with E-state index in [4.69, 9.17) is 11.6 Å². The lowest BCUT2D eigenvalue weighted by Crippen LogP contribution is -2.30. The molecule has 0 spiro atoms. The molecule has 2 rings (SSSR count). The molecule has 0 amide bonds. The fraction of sp³-hybridized carbons (Fsp3) is 0.556. The maximum atomic E-state index is 5.68. The molecule has 1 aromatic heterocycles. The van der Waals surface area contributed by atoms with Crippen molar-refractivity contribution in [3.05, 3.63) is 23.2 Å². The Morgan fingerprint density at radius 3 is 3.29 bits per heavy atom. The summed E-state index contributed by atoms with van der Waals surface area (Å²) in [5, 5.41) is 7.03. The average Bonchev–Trinajstić information content (AvgIpc) is 2.67. The van der Waals surface area contributed by atoms with Crippen LogP contribution in [0.4, 0.5) is 0 Å². The minimum Gasteiger partial charge on any atom is -0.315 e. The van der Waals surface area contributed by atoms with Crippen molar-refractivity contribution in [2.45, 2.75) is 19.0 Å². The van der Waals surface area contributed by atoms with Crippen molar-refractivity contribution in [2.24, 2.45) is 0 Å². The van der Waals surface area contributed by atoms with Gasteiger partial charge in [0.1, 0.15) is 0 Å². The highest BCUT2D eigenvalue weighted by Crippen LogP contribution is 2.02. The van der Waals surface area contributed by atoms with Crippen LogP contribution in [0, 0.1) is 0 Å². The van der Waals surface area contributed by atoms with Gasteiger partial charge in [-0.2, -0.15) is 0 Å². The second kappa shape index (κ2) is 4.68. The van der Waals surface area contributed by atoms with E-state index >= 15 is 0 Å². The van der Waals surface area contributed by atoms with Crippen LogP contribution in [-0.2, 0) is 6.54 Å². The third-order valence-electron chi connectivity index (χ3n) is 2.32. The van der Waals surface area contributed by atoms with E-state index < -0.39 is 0 Å². The van der Waals surface area contributed by atoms with Gasteiger partial charge in [0, 0.05) is 25.3 Å². The molecule has 76 valence electrons. The number of hydrogen-bond donors (Lipinski definition) is 2. The second-order valence-corrected chi connectivity index (χ2v) is 3.73. The molecule has 1 atom stereocenters. The van der Waals surface area contributed by atoms with Gasteiger partial charge in [-0.1, -0.05) is 0 Å². The normalized spacial score (nSPS) is 21.4. The summed E-state index contributed by atoms with van der Waals surface area (Å²) in [5.74, 6) is 0. The number of aromatic nitrogens is 2. The molecule has 0 saturated carbocycles. The average molecular weight is 213 g/mol. The number of halogens is 1. The highest BCUT2D eigenvalue weighted by atomic mass is 35.5. The van der Waals surface area contributed by atoms with Crippen LogP contribution in [0.3, 0.4) is 0 Å². The van der Waals surface area contributed by atoms with E-state index in [1.165, 1.54) is 6.42 Å². The van der Waals surface area contributed by atoms with E-state index in [9.17, 15) is 0 Å². The molecule has 1 saturated heterocycles. The van der Waals surface area contributed by atoms with Gasteiger partial charge in [0.05, 0.1) is 5.69 Å². The first kappa shape index (κ1) is 9.83. The summed E-state index contributed by atoms with van der Waals surface area (Å²) in [5.41, 5.74) is 0.942. The van der Waals surface area contributed by atoms with Crippen LogP contribution in [0.2, 0.25) is 5.28 Å². The Hall–Kier alpha value is -0.710. The Labute approximate surface area is 88.1 Å². The molecular weight excluding hydrogens is 200 g/mol. The van der Waals surface area contributed by atoms with Crippen LogP contribution in [0.25, 0.3) is 0 Å². The summed E-state index contributed by atoms with van der Waals surface area (Å²) in [6.07, 6.45) is 2.86. The highest BCUT2D eigenvalue weighted by Gasteiger charge is 2.13. The fourth-order valence-corrected chi connectivity index (χ4v) is 1.71. The Kier molecular flexibility index (Phi) is 3.29. The molecule has 1 aliphatic heterocycles. The summed E-state index contributed by atoms with van der Waals surface area (Å²) >= 11 is 5.68. The van der Waals surface area contributed by atoms with Crippen molar-refractivity contribution < 1.29 is 0 Å². The summed E-state index contributed by atoms with van der Waals surface area (Å²) in [4.78, 5) is 7.94.